The lowest BCUT2D eigenvalue weighted by molar-refractivity contribution is -0.143. The number of nitrogens with one attached hydrogen (secondary N) is 1. The van der Waals surface area contributed by atoms with Crippen molar-refractivity contribution in [3.05, 3.63) is 95.1 Å². The Hall–Kier alpha value is -3.80. The lowest BCUT2D eigenvalue weighted by Crippen LogP contribution is -2.53. The van der Waals surface area contributed by atoms with Crippen molar-refractivity contribution in [3.63, 3.8) is 0 Å². The lowest BCUT2D eigenvalue weighted by atomic mass is 10.0. The van der Waals surface area contributed by atoms with Gasteiger partial charge in [0.25, 0.3) is 5.91 Å². The summed E-state index contributed by atoms with van der Waals surface area (Å²) in [6.45, 7) is 8.04. The van der Waals surface area contributed by atoms with E-state index in [9.17, 15) is 9.59 Å². The molecular formula is C31H38N2O4. The van der Waals surface area contributed by atoms with Crippen molar-refractivity contribution >= 4 is 11.8 Å². The van der Waals surface area contributed by atoms with E-state index in [-0.39, 0.29) is 31.0 Å². The highest BCUT2D eigenvalue weighted by atomic mass is 16.5. The van der Waals surface area contributed by atoms with Crippen LogP contribution >= 0.6 is 0 Å². The molecule has 6 heteroatoms. The second-order valence-corrected chi connectivity index (χ2v) is 9.45. The van der Waals surface area contributed by atoms with E-state index in [2.05, 4.69) is 5.32 Å². The topological polar surface area (TPSA) is 67.9 Å². The van der Waals surface area contributed by atoms with E-state index in [1.165, 1.54) is 0 Å². The van der Waals surface area contributed by atoms with Crippen LogP contribution in [-0.2, 0) is 22.6 Å². The van der Waals surface area contributed by atoms with Crippen LogP contribution < -0.4 is 14.8 Å². The molecule has 3 aromatic rings. The van der Waals surface area contributed by atoms with Gasteiger partial charge < -0.3 is 19.7 Å². The Balaban J connectivity index is 1.94. The molecule has 0 radical (unpaired) electrons. The van der Waals surface area contributed by atoms with Gasteiger partial charge in [0, 0.05) is 19.0 Å². The van der Waals surface area contributed by atoms with Crippen LogP contribution in [0.1, 0.15) is 42.5 Å². The van der Waals surface area contributed by atoms with Gasteiger partial charge in [-0.2, -0.15) is 0 Å². The minimum Gasteiger partial charge on any atom is -0.497 e. The van der Waals surface area contributed by atoms with Gasteiger partial charge in [-0.05, 0) is 62.1 Å². The molecule has 1 N–H and O–H groups in total. The third-order valence-electron chi connectivity index (χ3n) is 6.44. The fourth-order valence-electron chi connectivity index (χ4n) is 4.15. The minimum absolute atomic E-state index is 0.00833. The molecule has 6 nitrogen and oxygen atoms in total. The number of carbonyl (C=O) groups excluding carboxylic acids is 2. The van der Waals surface area contributed by atoms with E-state index in [1.54, 1.807) is 12.0 Å². The van der Waals surface area contributed by atoms with Gasteiger partial charge in [-0.3, -0.25) is 9.59 Å². The number of benzene rings is 3. The molecule has 0 aliphatic carbocycles. The molecule has 0 unspecified atom stereocenters. The Kier molecular flexibility index (Phi) is 10.1. The molecule has 0 fully saturated rings. The van der Waals surface area contributed by atoms with Gasteiger partial charge in [-0.1, -0.05) is 67.1 Å². The van der Waals surface area contributed by atoms with Crippen molar-refractivity contribution in [2.75, 3.05) is 13.7 Å². The fraction of sp³-hybridized carbons (Fsp3) is 0.355. The molecular weight excluding hydrogens is 464 g/mol. The maximum atomic E-state index is 13.7. The number of ether oxygens (including phenoxy) is 2. The average molecular weight is 503 g/mol. The van der Waals surface area contributed by atoms with Gasteiger partial charge >= 0.3 is 0 Å². The van der Waals surface area contributed by atoms with Crippen molar-refractivity contribution in [3.8, 4) is 11.5 Å². The van der Waals surface area contributed by atoms with E-state index in [1.807, 2.05) is 100 Å². The third kappa shape index (κ3) is 8.10. The maximum Gasteiger partial charge on any atom is 0.261 e. The Bertz CT molecular complexity index is 1180. The molecule has 37 heavy (non-hydrogen) atoms. The Morgan fingerprint density at radius 1 is 0.946 bits per heavy atom. The number of nitrogens with zero attached hydrogens (tertiary/aromatic N) is 1. The first-order chi connectivity index (χ1) is 17.8. The van der Waals surface area contributed by atoms with Gasteiger partial charge in [-0.15, -0.1) is 0 Å². The molecule has 0 spiro atoms. The first-order valence-electron chi connectivity index (χ1n) is 12.8. The first-order valence-corrected chi connectivity index (χ1v) is 12.8. The summed E-state index contributed by atoms with van der Waals surface area (Å²) in [7, 11) is 1.61. The predicted molar refractivity (Wildman–Crippen MR) is 147 cm³/mol. The van der Waals surface area contributed by atoms with Crippen molar-refractivity contribution in [2.24, 2.45) is 0 Å². The highest BCUT2D eigenvalue weighted by Crippen LogP contribution is 2.21. The lowest BCUT2D eigenvalue weighted by Gasteiger charge is -2.32. The average Bonchev–Trinajstić information content (AvgIpc) is 2.90. The fourth-order valence-corrected chi connectivity index (χ4v) is 4.15. The first kappa shape index (κ1) is 27.8. The molecule has 0 aromatic heterocycles. The van der Waals surface area contributed by atoms with Crippen LogP contribution in [0.5, 0.6) is 11.5 Å². The van der Waals surface area contributed by atoms with Crippen molar-refractivity contribution in [2.45, 2.75) is 59.2 Å². The third-order valence-corrected chi connectivity index (χ3v) is 6.44. The molecule has 196 valence electrons. The van der Waals surface area contributed by atoms with E-state index in [0.717, 1.165) is 28.7 Å². The maximum absolute atomic E-state index is 13.7. The molecule has 0 aliphatic rings. The largest absolute Gasteiger partial charge is 0.497 e. The molecule has 0 heterocycles. The van der Waals surface area contributed by atoms with Crippen LogP contribution in [0.4, 0.5) is 0 Å². The summed E-state index contributed by atoms with van der Waals surface area (Å²) in [5.74, 6) is 0.910. The Morgan fingerprint density at radius 2 is 1.68 bits per heavy atom. The highest BCUT2D eigenvalue weighted by molar-refractivity contribution is 5.88. The zero-order valence-corrected chi connectivity index (χ0v) is 22.5. The summed E-state index contributed by atoms with van der Waals surface area (Å²) in [6.07, 6.45) is 1.19. The van der Waals surface area contributed by atoms with Gasteiger partial charge in [0.2, 0.25) is 5.91 Å². The summed E-state index contributed by atoms with van der Waals surface area (Å²) < 4.78 is 11.3. The van der Waals surface area contributed by atoms with E-state index in [0.29, 0.717) is 17.9 Å². The van der Waals surface area contributed by atoms with Crippen LogP contribution in [0.3, 0.4) is 0 Å². The smallest absolute Gasteiger partial charge is 0.261 e. The Labute approximate surface area is 220 Å². The second-order valence-electron chi connectivity index (χ2n) is 9.45. The second kappa shape index (κ2) is 13.5. The number of methoxy groups -OCH3 is 1. The number of amides is 2. The molecule has 2 atom stereocenters. The SMILES string of the molecule is CC[C@@H](C)NC(=O)[C@@H](Cc1ccccc1)N(Cc1cccc(OC)c1)C(=O)COc1ccc(C)cc1C. The highest BCUT2D eigenvalue weighted by Gasteiger charge is 2.31. The molecule has 2 amide bonds. The summed E-state index contributed by atoms with van der Waals surface area (Å²) in [5, 5.41) is 3.08. The van der Waals surface area contributed by atoms with Gasteiger partial charge in [0.05, 0.1) is 7.11 Å². The van der Waals surface area contributed by atoms with Gasteiger partial charge in [0.1, 0.15) is 17.5 Å². The summed E-state index contributed by atoms with van der Waals surface area (Å²) in [6, 6.07) is 22.5. The Morgan fingerprint density at radius 3 is 2.35 bits per heavy atom. The van der Waals surface area contributed by atoms with Gasteiger partial charge in [0.15, 0.2) is 6.61 Å². The van der Waals surface area contributed by atoms with E-state index < -0.39 is 6.04 Å². The zero-order valence-electron chi connectivity index (χ0n) is 22.5. The zero-order chi connectivity index (χ0) is 26.8. The number of hydrogen-bond acceptors (Lipinski definition) is 4. The van der Waals surface area contributed by atoms with E-state index >= 15 is 0 Å². The quantitative estimate of drug-likeness (QED) is 0.368. The van der Waals surface area contributed by atoms with E-state index in [4.69, 9.17) is 9.47 Å². The van der Waals surface area contributed by atoms with Crippen molar-refractivity contribution in [1.29, 1.82) is 0 Å². The molecule has 3 rings (SSSR count). The molecule has 0 aliphatic heterocycles. The number of hydrogen-bond donors (Lipinski definition) is 1. The summed E-state index contributed by atoms with van der Waals surface area (Å²) >= 11 is 0. The standard InChI is InChI=1S/C31H38N2O4/c1-6-24(4)32-31(35)28(19-25-11-8-7-9-12-25)33(20-26-13-10-14-27(18-26)36-5)30(34)21-37-29-16-15-22(2)17-23(29)3/h7-18,24,28H,6,19-21H2,1-5H3,(H,32,35)/t24-,28-/m1/s1. The number of aryl methyl sites for hydroxylation is 2. The monoisotopic (exact) mass is 502 g/mol. The minimum atomic E-state index is -0.710. The summed E-state index contributed by atoms with van der Waals surface area (Å²) in [4.78, 5) is 28.9. The van der Waals surface area contributed by atoms with Crippen LogP contribution in [0.2, 0.25) is 0 Å². The molecule has 0 bridgehead atoms. The molecule has 0 saturated heterocycles. The number of rotatable bonds is 12. The predicted octanol–water partition coefficient (Wildman–Crippen LogP) is 5.25. The van der Waals surface area contributed by atoms with Crippen LogP contribution in [0.25, 0.3) is 0 Å². The van der Waals surface area contributed by atoms with Crippen molar-refractivity contribution < 1.29 is 19.1 Å². The molecule has 0 saturated carbocycles. The van der Waals surface area contributed by atoms with Crippen LogP contribution in [0, 0.1) is 13.8 Å². The summed E-state index contributed by atoms with van der Waals surface area (Å²) in [5.41, 5.74) is 3.93. The molecule has 3 aromatic carbocycles. The number of carbonyl (C=O) groups is 2. The van der Waals surface area contributed by atoms with Crippen molar-refractivity contribution in [1.82, 2.24) is 10.2 Å². The van der Waals surface area contributed by atoms with Gasteiger partial charge in [-0.25, -0.2) is 0 Å². The van der Waals surface area contributed by atoms with Crippen LogP contribution in [-0.4, -0.2) is 42.5 Å². The normalized spacial score (nSPS) is 12.4. The van der Waals surface area contributed by atoms with Crippen LogP contribution in [0.15, 0.2) is 72.8 Å².